The summed E-state index contributed by atoms with van der Waals surface area (Å²) in [7, 11) is 1.58. The first-order valence-electron chi connectivity index (χ1n) is 8.88. The first-order valence-corrected chi connectivity index (χ1v) is 8.88. The number of hydrogen-bond donors (Lipinski definition) is 1. The first-order chi connectivity index (χ1) is 13.4. The second-order valence-corrected chi connectivity index (χ2v) is 6.51. The lowest BCUT2D eigenvalue weighted by molar-refractivity contribution is -0.119. The molecule has 0 radical (unpaired) electrons. The molecule has 144 valence electrons. The minimum Gasteiger partial charge on any atom is -0.497 e. The number of methoxy groups -OCH3 is 1. The van der Waals surface area contributed by atoms with Crippen LogP contribution in [0.15, 0.2) is 53.5 Å². The molecule has 0 saturated heterocycles. The monoisotopic (exact) mass is 378 g/mol. The van der Waals surface area contributed by atoms with E-state index in [4.69, 9.17) is 4.74 Å². The molecule has 1 amide bonds. The summed E-state index contributed by atoms with van der Waals surface area (Å²) in [6.45, 7) is 5.52. The van der Waals surface area contributed by atoms with E-state index < -0.39 is 11.7 Å². The van der Waals surface area contributed by atoms with Crippen LogP contribution in [-0.2, 0) is 4.79 Å². The molecule has 2 aromatic carbocycles. The number of carbonyl (C=O) groups excluding carboxylic acids is 1. The third kappa shape index (κ3) is 3.93. The van der Waals surface area contributed by atoms with Crippen LogP contribution >= 0.6 is 0 Å². The van der Waals surface area contributed by atoms with Gasteiger partial charge in [0.2, 0.25) is 5.91 Å². The molecule has 1 heterocycles. The largest absolute Gasteiger partial charge is 0.497 e. The van der Waals surface area contributed by atoms with Gasteiger partial charge in [0.1, 0.15) is 11.8 Å². The highest BCUT2D eigenvalue weighted by molar-refractivity contribution is 5.94. The molecule has 0 aliphatic heterocycles. The van der Waals surface area contributed by atoms with Crippen LogP contribution in [0.5, 0.6) is 5.75 Å². The predicted octanol–water partition coefficient (Wildman–Crippen LogP) is 3.13. The van der Waals surface area contributed by atoms with Crippen LogP contribution in [-0.4, -0.2) is 27.8 Å². The lowest BCUT2D eigenvalue weighted by atomic mass is 10.1. The van der Waals surface area contributed by atoms with E-state index >= 15 is 0 Å². The van der Waals surface area contributed by atoms with Crippen molar-refractivity contribution in [3.05, 3.63) is 70.3 Å². The lowest BCUT2D eigenvalue weighted by Gasteiger charge is -2.15. The van der Waals surface area contributed by atoms with Gasteiger partial charge in [-0.3, -0.25) is 4.79 Å². The third-order valence-corrected chi connectivity index (χ3v) is 4.71. The molecule has 1 N–H and O–H groups in total. The quantitative estimate of drug-likeness (QED) is 0.737. The molecular weight excluding hydrogens is 356 g/mol. The average molecular weight is 378 g/mol. The van der Waals surface area contributed by atoms with Gasteiger partial charge in [-0.05, 0) is 62.2 Å². The van der Waals surface area contributed by atoms with Gasteiger partial charge >= 0.3 is 5.69 Å². The van der Waals surface area contributed by atoms with Crippen LogP contribution in [0.3, 0.4) is 0 Å². The van der Waals surface area contributed by atoms with Gasteiger partial charge in [-0.25, -0.2) is 9.48 Å². The van der Waals surface area contributed by atoms with Crippen LogP contribution < -0.4 is 15.7 Å². The Balaban J connectivity index is 1.81. The molecule has 0 saturated carbocycles. The number of aryl methyl sites for hydroxylation is 1. The number of benzene rings is 2. The van der Waals surface area contributed by atoms with Gasteiger partial charge in [-0.1, -0.05) is 12.1 Å². The van der Waals surface area contributed by atoms with E-state index in [0.717, 1.165) is 21.4 Å². The molecular formula is C21H22N4O3. The smallest absolute Gasteiger partial charge is 0.365 e. The molecule has 1 aromatic heterocycles. The standard InChI is InChI=1S/C21H22N4O3/c1-13-6-5-7-18(14(13)2)23-20(26)15(3)25-21(27)24-19(12-22-25)16-8-10-17(28-4)11-9-16/h5-12,15H,1-4H3,(H,23,26)/t15-/m1/s1. The number of rotatable bonds is 5. The SMILES string of the molecule is COc1ccc(-c2cnn([C@H](C)C(=O)Nc3cccc(C)c3C)c(=O)n2)cc1. The topological polar surface area (TPSA) is 86.1 Å². The maximum Gasteiger partial charge on any atom is 0.365 e. The van der Waals surface area contributed by atoms with E-state index in [2.05, 4.69) is 15.4 Å². The van der Waals surface area contributed by atoms with Crippen molar-refractivity contribution < 1.29 is 9.53 Å². The molecule has 3 rings (SSSR count). The van der Waals surface area contributed by atoms with Crippen LogP contribution in [0, 0.1) is 13.8 Å². The Labute approximate surface area is 163 Å². The molecule has 0 bridgehead atoms. The molecule has 0 fully saturated rings. The van der Waals surface area contributed by atoms with Gasteiger partial charge in [0.05, 0.1) is 19.0 Å². The second kappa shape index (κ2) is 8.04. The van der Waals surface area contributed by atoms with Gasteiger partial charge in [0, 0.05) is 11.3 Å². The predicted molar refractivity (Wildman–Crippen MR) is 108 cm³/mol. The van der Waals surface area contributed by atoms with Gasteiger partial charge in [-0.15, -0.1) is 0 Å². The summed E-state index contributed by atoms with van der Waals surface area (Å²) in [4.78, 5) is 29.1. The van der Waals surface area contributed by atoms with Gasteiger partial charge in [0.25, 0.3) is 0 Å². The van der Waals surface area contributed by atoms with E-state index in [9.17, 15) is 9.59 Å². The summed E-state index contributed by atoms with van der Waals surface area (Å²) in [6.07, 6.45) is 1.48. The number of nitrogens with zero attached hydrogens (tertiary/aromatic N) is 3. The zero-order chi connectivity index (χ0) is 20.3. The van der Waals surface area contributed by atoms with Crippen molar-refractivity contribution in [2.45, 2.75) is 26.8 Å². The molecule has 1 atom stereocenters. The van der Waals surface area contributed by atoms with Gasteiger partial charge in [0.15, 0.2) is 0 Å². The van der Waals surface area contributed by atoms with Gasteiger partial charge in [-0.2, -0.15) is 10.1 Å². The molecule has 0 aliphatic rings. The second-order valence-electron chi connectivity index (χ2n) is 6.51. The summed E-state index contributed by atoms with van der Waals surface area (Å²) in [5.41, 5.74) is 3.36. The average Bonchev–Trinajstić information content (AvgIpc) is 2.71. The van der Waals surface area contributed by atoms with Crippen molar-refractivity contribution in [3.63, 3.8) is 0 Å². The van der Waals surface area contributed by atoms with E-state index in [1.807, 2.05) is 32.0 Å². The Bertz CT molecular complexity index is 1060. The summed E-state index contributed by atoms with van der Waals surface area (Å²) in [5.74, 6) is 0.379. The number of carbonyl (C=O) groups is 1. The molecule has 28 heavy (non-hydrogen) atoms. The maximum atomic E-state index is 12.6. The van der Waals surface area contributed by atoms with E-state index in [1.54, 1.807) is 38.3 Å². The van der Waals surface area contributed by atoms with Crippen molar-refractivity contribution in [2.24, 2.45) is 0 Å². The van der Waals surface area contributed by atoms with Crippen molar-refractivity contribution in [1.82, 2.24) is 14.8 Å². The molecule has 0 unspecified atom stereocenters. The Hall–Kier alpha value is -3.48. The van der Waals surface area contributed by atoms with E-state index in [1.165, 1.54) is 6.20 Å². The van der Waals surface area contributed by atoms with Gasteiger partial charge < -0.3 is 10.1 Å². The number of aromatic nitrogens is 3. The summed E-state index contributed by atoms with van der Waals surface area (Å²) in [5, 5.41) is 7.00. The normalized spacial score (nSPS) is 11.7. The fraction of sp³-hybridized carbons (Fsp3) is 0.238. The zero-order valence-electron chi connectivity index (χ0n) is 16.3. The molecule has 0 aliphatic carbocycles. The van der Waals surface area contributed by atoms with E-state index in [-0.39, 0.29) is 5.91 Å². The number of amides is 1. The minimum absolute atomic E-state index is 0.331. The highest BCUT2D eigenvalue weighted by Crippen LogP contribution is 2.20. The highest BCUT2D eigenvalue weighted by Gasteiger charge is 2.19. The maximum absolute atomic E-state index is 12.6. The number of hydrogen-bond acceptors (Lipinski definition) is 5. The minimum atomic E-state index is -0.801. The molecule has 0 spiro atoms. The summed E-state index contributed by atoms with van der Waals surface area (Å²) < 4.78 is 6.20. The summed E-state index contributed by atoms with van der Waals surface area (Å²) in [6, 6.07) is 12.0. The van der Waals surface area contributed by atoms with E-state index in [0.29, 0.717) is 17.1 Å². The molecule has 7 heteroatoms. The van der Waals surface area contributed by atoms with Crippen molar-refractivity contribution >= 4 is 11.6 Å². The van der Waals surface area contributed by atoms with Crippen molar-refractivity contribution in [2.75, 3.05) is 12.4 Å². The van der Waals surface area contributed by atoms with Crippen LogP contribution in [0.1, 0.15) is 24.1 Å². The third-order valence-electron chi connectivity index (χ3n) is 4.71. The summed E-state index contributed by atoms with van der Waals surface area (Å²) >= 11 is 0. The number of nitrogens with one attached hydrogen (secondary N) is 1. The highest BCUT2D eigenvalue weighted by atomic mass is 16.5. The Morgan fingerprint density at radius 2 is 1.86 bits per heavy atom. The Kier molecular flexibility index (Phi) is 5.54. The van der Waals surface area contributed by atoms with Crippen molar-refractivity contribution in [3.8, 4) is 17.0 Å². The van der Waals surface area contributed by atoms with Crippen molar-refractivity contribution in [1.29, 1.82) is 0 Å². The lowest BCUT2D eigenvalue weighted by Crippen LogP contribution is -2.35. The number of anilines is 1. The van der Waals surface area contributed by atoms with Crippen LogP contribution in [0.25, 0.3) is 11.3 Å². The Morgan fingerprint density at radius 1 is 1.14 bits per heavy atom. The molecule has 3 aromatic rings. The van der Waals surface area contributed by atoms with Crippen LogP contribution in [0.4, 0.5) is 5.69 Å². The van der Waals surface area contributed by atoms with Crippen LogP contribution in [0.2, 0.25) is 0 Å². The molecule has 7 nitrogen and oxygen atoms in total. The Morgan fingerprint density at radius 3 is 2.50 bits per heavy atom. The fourth-order valence-electron chi connectivity index (χ4n) is 2.75. The number of ether oxygens (including phenoxy) is 1. The first kappa shape index (κ1) is 19.3. The zero-order valence-corrected chi connectivity index (χ0v) is 16.3. The fourth-order valence-corrected chi connectivity index (χ4v) is 2.75.